The largest absolute Gasteiger partial charge is 0.484 e. The summed E-state index contributed by atoms with van der Waals surface area (Å²) in [6.45, 7) is 5.05. The Morgan fingerprint density at radius 1 is 1.21 bits per heavy atom. The number of hydrogen-bond donors (Lipinski definition) is 0. The van der Waals surface area contributed by atoms with E-state index in [0.29, 0.717) is 0 Å². The van der Waals surface area contributed by atoms with Gasteiger partial charge in [-0.05, 0) is 36.8 Å². The second-order valence-corrected chi connectivity index (χ2v) is 4.39. The lowest BCUT2D eigenvalue weighted by Gasteiger charge is -1.97. The van der Waals surface area contributed by atoms with Gasteiger partial charge < -0.3 is 4.74 Å². The lowest BCUT2D eigenvalue weighted by atomic mass is 10.1. The minimum Gasteiger partial charge on any atom is -0.484 e. The van der Waals surface area contributed by atoms with Gasteiger partial charge in [-0.2, -0.15) is 0 Å². The molecule has 1 rings (SSSR count). The fourth-order valence-corrected chi connectivity index (χ4v) is 2.32. The van der Waals surface area contributed by atoms with Crippen LogP contribution in [-0.4, -0.2) is 6.61 Å². The third-order valence-electron chi connectivity index (χ3n) is 2.24. The Balaban J connectivity index is 2.22. The first-order valence-corrected chi connectivity index (χ1v) is 6.45. The van der Waals surface area contributed by atoms with E-state index in [9.17, 15) is 0 Å². The molecule has 1 nitrogen and oxygen atoms in total. The summed E-state index contributed by atoms with van der Waals surface area (Å²) < 4.78 is 5.43. The lowest BCUT2D eigenvalue weighted by Crippen LogP contribution is -1.87. The average Bonchev–Trinajstić information content (AvgIpc) is 2.61. The van der Waals surface area contributed by atoms with Gasteiger partial charge in [-0.1, -0.05) is 26.2 Å². The standard InChI is InChI=1S/C12H20OS/c1-3-5-6-7-8-11-9-12(13-4-2)14-10-11/h9-10H,3-8H2,1-2H3. The number of unbranched alkanes of at least 4 members (excludes halogenated alkanes) is 3. The minimum absolute atomic E-state index is 0.774. The average molecular weight is 212 g/mol. The van der Waals surface area contributed by atoms with E-state index in [1.54, 1.807) is 11.3 Å². The van der Waals surface area contributed by atoms with Crippen LogP contribution in [0.4, 0.5) is 0 Å². The SMILES string of the molecule is CCCCCCc1csc(OCC)c1. The summed E-state index contributed by atoms with van der Waals surface area (Å²) >= 11 is 1.72. The van der Waals surface area contributed by atoms with Crippen LogP contribution in [0.3, 0.4) is 0 Å². The Bertz CT molecular complexity index is 242. The maximum Gasteiger partial charge on any atom is 0.173 e. The quantitative estimate of drug-likeness (QED) is 0.613. The van der Waals surface area contributed by atoms with Crippen molar-refractivity contribution in [3.05, 3.63) is 17.0 Å². The van der Waals surface area contributed by atoms with Crippen LogP contribution in [0.2, 0.25) is 0 Å². The molecule has 1 heterocycles. The first kappa shape index (κ1) is 11.6. The van der Waals surface area contributed by atoms with Crippen molar-refractivity contribution in [1.29, 1.82) is 0 Å². The zero-order valence-electron chi connectivity index (χ0n) is 9.21. The first-order valence-electron chi connectivity index (χ1n) is 5.57. The number of rotatable bonds is 7. The Hall–Kier alpha value is -0.500. The highest BCUT2D eigenvalue weighted by atomic mass is 32.1. The molecular weight excluding hydrogens is 192 g/mol. The Morgan fingerprint density at radius 3 is 2.79 bits per heavy atom. The predicted octanol–water partition coefficient (Wildman–Crippen LogP) is 4.27. The topological polar surface area (TPSA) is 9.23 Å². The number of ether oxygens (including phenoxy) is 1. The van der Waals surface area contributed by atoms with Gasteiger partial charge in [0, 0.05) is 0 Å². The van der Waals surface area contributed by atoms with E-state index < -0.39 is 0 Å². The van der Waals surface area contributed by atoms with E-state index in [2.05, 4.69) is 18.4 Å². The van der Waals surface area contributed by atoms with Crippen molar-refractivity contribution < 1.29 is 4.74 Å². The molecule has 0 bridgehead atoms. The van der Waals surface area contributed by atoms with Gasteiger partial charge in [-0.15, -0.1) is 11.3 Å². The van der Waals surface area contributed by atoms with Gasteiger partial charge in [-0.25, -0.2) is 0 Å². The second kappa shape index (κ2) is 6.88. The van der Waals surface area contributed by atoms with Crippen LogP contribution in [0.1, 0.15) is 45.1 Å². The zero-order valence-corrected chi connectivity index (χ0v) is 10.0. The third-order valence-corrected chi connectivity index (χ3v) is 3.12. The van der Waals surface area contributed by atoms with E-state index in [1.165, 1.54) is 37.7 Å². The maximum atomic E-state index is 5.43. The molecule has 80 valence electrons. The van der Waals surface area contributed by atoms with Crippen molar-refractivity contribution in [3.63, 3.8) is 0 Å². The van der Waals surface area contributed by atoms with Gasteiger partial charge in [0.2, 0.25) is 0 Å². The molecule has 0 spiro atoms. The predicted molar refractivity (Wildman–Crippen MR) is 63.3 cm³/mol. The van der Waals surface area contributed by atoms with Gasteiger partial charge in [0.15, 0.2) is 5.06 Å². The van der Waals surface area contributed by atoms with Gasteiger partial charge in [0.1, 0.15) is 0 Å². The van der Waals surface area contributed by atoms with Crippen molar-refractivity contribution in [3.8, 4) is 5.06 Å². The van der Waals surface area contributed by atoms with E-state index in [-0.39, 0.29) is 0 Å². The maximum absolute atomic E-state index is 5.43. The molecule has 0 atom stereocenters. The molecule has 0 saturated heterocycles. The first-order chi connectivity index (χ1) is 6.86. The highest BCUT2D eigenvalue weighted by molar-refractivity contribution is 7.12. The van der Waals surface area contributed by atoms with E-state index in [1.807, 2.05) is 6.92 Å². The molecule has 1 aromatic rings. The summed E-state index contributed by atoms with van der Waals surface area (Å²) in [4.78, 5) is 0. The number of hydrogen-bond acceptors (Lipinski definition) is 2. The van der Waals surface area contributed by atoms with E-state index in [4.69, 9.17) is 4.74 Å². The van der Waals surface area contributed by atoms with Crippen molar-refractivity contribution in [2.75, 3.05) is 6.61 Å². The van der Waals surface area contributed by atoms with Crippen LogP contribution in [0.25, 0.3) is 0 Å². The van der Waals surface area contributed by atoms with Crippen molar-refractivity contribution in [2.45, 2.75) is 46.0 Å². The van der Waals surface area contributed by atoms with Gasteiger partial charge in [0.05, 0.1) is 6.61 Å². The molecule has 0 aliphatic carbocycles. The Kier molecular flexibility index (Phi) is 5.69. The molecule has 0 aromatic carbocycles. The van der Waals surface area contributed by atoms with E-state index >= 15 is 0 Å². The van der Waals surface area contributed by atoms with Crippen LogP contribution in [0, 0.1) is 0 Å². The van der Waals surface area contributed by atoms with Gasteiger partial charge in [-0.3, -0.25) is 0 Å². The summed E-state index contributed by atoms with van der Waals surface area (Å²) in [7, 11) is 0. The third kappa shape index (κ3) is 4.14. The summed E-state index contributed by atoms with van der Waals surface area (Å²) in [5, 5.41) is 3.29. The lowest BCUT2D eigenvalue weighted by molar-refractivity contribution is 0.350. The summed E-state index contributed by atoms with van der Waals surface area (Å²) in [5.41, 5.74) is 1.44. The molecule has 0 radical (unpaired) electrons. The van der Waals surface area contributed by atoms with Crippen LogP contribution in [0.5, 0.6) is 5.06 Å². The summed E-state index contributed by atoms with van der Waals surface area (Å²) in [6.07, 6.45) is 6.56. The number of aryl methyl sites for hydroxylation is 1. The normalized spacial score (nSPS) is 10.4. The highest BCUT2D eigenvalue weighted by Gasteiger charge is 1.99. The molecule has 2 heteroatoms. The fraction of sp³-hybridized carbons (Fsp3) is 0.667. The fourth-order valence-electron chi connectivity index (χ4n) is 1.46. The van der Waals surface area contributed by atoms with Crippen molar-refractivity contribution in [1.82, 2.24) is 0 Å². The van der Waals surface area contributed by atoms with Crippen LogP contribution >= 0.6 is 11.3 Å². The molecule has 14 heavy (non-hydrogen) atoms. The summed E-state index contributed by atoms with van der Waals surface area (Å²) in [6, 6.07) is 2.18. The monoisotopic (exact) mass is 212 g/mol. The van der Waals surface area contributed by atoms with Gasteiger partial charge in [0.25, 0.3) is 0 Å². The molecular formula is C12H20OS. The van der Waals surface area contributed by atoms with Crippen LogP contribution < -0.4 is 4.74 Å². The molecule has 0 unspecified atom stereocenters. The minimum atomic E-state index is 0.774. The van der Waals surface area contributed by atoms with Crippen molar-refractivity contribution in [2.24, 2.45) is 0 Å². The molecule has 0 amide bonds. The summed E-state index contributed by atoms with van der Waals surface area (Å²) in [5.74, 6) is 0. The second-order valence-electron chi connectivity index (χ2n) is 3.52. The van der Waals surface area contributed by atoms with Gasteiger partial charge >= 0.3 is 0 Å². The van der Waals surface area contributed by atoms with Crippen LogP contribution in [0.15, 0.2) is 11.4 Å². The molecule has 0 aliphatic heterocycles. The van der Waals surface area contributed by atoms with Crippen LogP contribution in [-0.2, 0) is 6.42 Å². The Morgan fingerprint density at radius 2 is 2.07 bits per heavy atom. The highest BCUT2D eigenvalue weighted by Crippen LogP contribution is 2.24. The zero-order chi connectivity index (χ0) is 10.2. The molecule has 0 aliphatic rings. The molecule has 0 saturated carbocycles. The molecule has 1 aromatic heterocycles. The van der Waals surface area contributed by atoms with Crippen molar-refractivity contribution >= 4 is 11.3 Å². The Labute approximate surface area is 91.1 Å². The molecule has 0 N–H and O–H groups in total. The number of thiophene rings is 1. The molecule has 0 fully saturated rings. The van der Waals surface area contributed by atoms with E-state index in [0.717, 1.165) is 11.7 Å². The smallest absolute Gasteiger partial charge is 0.173 e.